The predicted octanol–water partition coefficient (Wildman–Crippen LogP) is 4.06. The van der Waals surface area contributed by atoms with E-state index in [9.17, 15) is 14.4 Å². The average molecular weight is 456 g/mol. The van der Waals surface area contributed by atoms with Crippen LogP contribution < -0.4 is 5.32 Å². The highest BCUT2D eigenvalue weighted by Gasteiger charge is 2.50. The molecule has 1 N–H and O–H groups in total. The van der Waals surface area contributed by atoms with Crippen molar-refractivity contribution in [2.24, 2.45) is 5.92 Å². The number of ketones is 1. The standard InChI is InChI=1S/C24H25NO6S/c1-4-29-23(27)18-13(3)25-15-12-14(16-8-6-10-31-16)19(24(28)30-5-2)22(26)20(15)21(18)17-9-7-11-32-17/h6-11,14,19,21,25H,4-5,12H2,1-3H3/t14-,19-,21-/m1/s1. The molecule has 2 aromatic heterocycles. The molecule has 7 nitrogen and oxygen atoms in total. The second kappa shape index (κ2) is 9.16. The molecule has 3 heterocycles. The van der Waals surface area contributed by atoms with E-state index < -0.39 is 29.7 Å². The summed E-state index contributed by atoms with van der Waals surface area (Å²) < 4.78 is 16.2. The molecule has 0 radical (unpaired) electrons. The summed E-state index contributed by atoms with van der Waals surface area (Å²) in [6, 6.07) is 7.27. The second-order valence-corrected chi connectivity index (χ2v) is 8.62. The molecule has 0 bridgehead atoms. The summed E-state index contributed by atoms with van der Waals surface area (Å²) in [5, 5.41) is 5.16. The van der Waals surface area contributed by atoms with E-state index in [1.807, 2.05) is 17.5 Å². The quantitative estimate of drug-likeness (QED) is 0.519. The van der Waals surface area contributed by atoms with Gasteiger partial charge >= 0.3 is 11.9 Å². The molecule has 2 aromatic rings. The molecule has 1 aliphatic carbocycles. The zero-order valence-electron chi connectivity index (χ0n) is 18.2. The smallest absolute Gasteiger partial charge is 0.336 e. The Hall–Kier alpha value is -3.13. The van der Waals surface area contributed by atoms with Gasteiger partial charge in [-0.1, -0.05) is 6.07 Å². The SMILES string of the molecule is CCOC(=O)C1=C(C)NC2=C(C(=O)[C@H](C(=O)OCC)[C@@H](c3ccco3)C2)[C@@H]1c1cccs1. The number of carbonyl (C=O) groups is 3. The first kappa shape index (κ1) is 22.1. The Kier molecular flexibility index (Phi) is 6.32. The van der Waals surface area contributed by atoms with Gasteiger partial charge in [-0.05, 0) is 50.8 Å². The van der Waals surface area contributed by atoms with E-state index in [1.54, 1.807) is 32.9 Å². The zero-order chi connectivity index (χ0) is 22.8. The van der Waals surface area contributed by atoms with Crippen molar-refractivity contribution in [2.75, 3.05) is 13.2 Å². The van der Waals surface area contributed by atoms with Crippen molar-refractivity contribution in [1.29, 1.82) is 0 Å². The maximum Gasteiger partial charge on any atom is 0.336 e. The van der Waals surface area contributed by atoms with Crippen LogP contribution in [-0.2, 0) is 23.9 Å². The topological polar surface area (TPSA) is 94.8 Å². The third kappa shape index (κ3) is 3.79. The fourth-order valence-electron chi connectivity index (χ4n) is 4.53. The lowest BCUT2D eigenvalue weighted by atomic mass is 9.69. The minimum absolute atomic E-state index is 0.166. The molecule has 0 fully saturated rings. The molecule has 0 unspecified atom stereocenters. The first-order valence-corrected chi connectivity index (χ1v) is 11.5. The Morgan fingerprint density at radius 3 is 2.59 bits per heavy atom. The molecule has 4 rings (SSSR count). The van der Waals surface area contributed by atoms with Gasteiger partial charge < -0.3 is 19.2 Å². The molecule has 3 atom stereocenters. The molecule has 0 spiro atoms. The van der Waals surface area contributed by atoms with Crippen molar-refractivity contribution in [3.63, 3.8) is 0 Å². The van der Waals surface area contributed by atoms with Crippen LogP contribution in [0, 0.1) is 5.92 Å². The monoisotopic (exact) mass is 455 g/mol. The fourth-order valence-corrected chi connectivity index (χ4v) is 5.37. The number of Topliss-reactive ketones (excluding diaryl/α,β-unsaturated/α-hetero) is 1. The van der Waals surface area contributed by atoms with E-state index >= 15 is 0 Å². The Morgan fingerprint density at radius 1 is 1.19 bits per heavy atom. The third-order valence-electron chi connectivity index (χ3n) is 5.79. The van der Waals surface area contributed by atoms with Crippen molar-refractivity contribution >= 4 is 29.1 Å². The minimum atomic E-state index is -1.05. The van der Waals surface area contributed by atoms with E-state index in [4.69, 9.17) is 13.9 Å². The van der Waals surface area contributed by atoms with Crippen LogP contribution in [0.2, 0.25) is 0 Å². The number of carbonyl (C=O) groups excluding carboxylic acids is 3. The lowest BCUT2D eigenvalue weighted by Crippen LogP contribution is -2.43. The van der Waals surface area contributed by atoms with Gasteiger partial charge in [-0.25, -0.2) is 4.79 Å². The van der Waals surface area contributed by atoms with Gasteiger partial charge in [0, 0.05) is 27.8 Å². The first-order chi connectivity index (χ1) is 15.5. The van der Waals surface area contributed by atoms with Crippen LogP contribution in [0.5, 0.6) is 0 Å². The molecule has 0 aromatic carbocycles. The van der Waals surface area contributed by atoms with E-state index in [-0.39, 0.29) is 19.0 Å². The number of hydrogen-bond donors (Lipinski definition) is 1. The Morgan fingerprint density at radius 2 is 1.97 bits per heavy atom. The third-order valence-corrected chi connectivity index (χ3v) is 6.73. The van der Waals surface area contributed by atoms with Crippen molar-refractivity contribution in [3.05, 3.63) is 69.1 Å². The first-order valence-electron chi connectivity index (χ1n) is 10.6. The van der Waals surface area contributed by atoms with Gasteiger partial charge in [-0.2, -0.15) is 0 Å². The van der Waals surface area contributed by atoms with Crippen molar-refractivity contribution in [3.8, 4) is 0 Å². The van der Waals surface area contributed by atoms with Gasteiger partial charge in [-0.15, -0.1) is 11.3 Å². The Bertz CT molecular complexity index is 1080. The maximum absolute atomic E-state index is 13.9. The van der Waals surface area contributed by atoms with Crippen LogP contribution in [-0.4, -0.2) is 30.9 Å². The minimum Gasteiger partial charge on any atom is -0.469 e. The Labute approximate surface area is 190 Å². The number of furan rings is 1. The van der Waals surface area contributed by atoms with E-state index in [1.165, 1.54) is 17.6 Å². The molecule has 2 aliphatic rings. The van der Waals surface area contributed by atoms with Gasteiger partial charge in [0.05, 0.1) is 31.0 Å². The number of nitrogens with one attached hydrogen (secondary N) is 1. The average Bonchev–Trinajstić information content (AvgIpc) is 3.47. The summed E-state index contributed by atoms with van der Waals surface area (Å²) in [6.45, 7) is 5.64. The summed E-state index contributed by atoms with van der Waals surface area (Å²) in [5.74, 6) is -3.01. The molecule has 0 amide bonds. The fraction of sp³-hybridized carbons (Fsp3) is 0.375. The molecular weight excluding hydrogens is 430 g/mol. The number of esters is 2. The normalized spacial score (nSPS) is 23.0. The van der Waals surface area contributed by atoms with E-state index in [2.05, 4.69) is 5.32 Å². The summed E-state index contributed by atoms with van der Waals surface area (Å²) in [7, 11) is 0. The summed E-state index contributed by atoms with van der Waals surface area (Å²) in [6.07, 6.45) is 1.91. The van der Waals surface area contributed by atoms with Gasteiger partial charge in [0.25, 0.3) is 0 Å². The number of allylic oxidation sites excluding steroid dienone is 3. The van der Waals surface area contributed by atoms with Crippen LogP contribution in [0.25, 0.3) is 0 Å². The summed E-state index contributed by atoms with van der Waals surface area (Å²) in [4.78, 5) is 40.6. The summed E-state index contributed by atoms with van der Waals surface area (Å²) in [5.41, 5.74) is 2.14. The lowest BCUT2D eigenvalue weighted by Gasteiger charge is -2.38. The van der Waals surface area contributed by atoms with Crippen molar-refractivity contribution in [2.45, 2.75) is 39.0 Å². The van der Waals surface area contributed by atoms with Crippen LogP contribution >= 0.6 is 11.3 Å². The van der Waals surface area contributed by atoms with Crippen LogP contribution in [0.15, 0.2) is 62.9 Å². The number of ether oxygens (including phenoxy) is 2. The van der Waals surface area contributed by atoms with E-state index in [0.29, 0.717) is 34.7 Å². The van der Waals surface area contributed by atoms with Gasteiger partial charge in [0.1, 0.15) is 11.7 Å². The maximum atomic E-state index is 13.9. The lowest BCUT2D eigenvalue weighted by molar-refractivity contribution is -0.152. The van der Waals surface area contributed by atoms with Crippen molar-refractivity contribution < 1.29 is 28.3 Å². The van der Waals surface area contributed by atoms with Crippen LogP contribution in [0.4, 0.5) is 0 Å². The number of rotatable bonds is 6. The number of hydrogen-bond acceptors (Lipinski definition) is 8. The highest BCUT2D eigenvalue weighted by atomic mass is 32.1. The van der Waals surface area contributed by atoms with Gasteiger partial charge in [-0.3, -0.25) is 9.59 Å². The molecule has 0 saturated heterocycles. The zero-order valence-corrected chi connectivity index (χ0v) is 19.0. The number of dihydropyridines is 1. The second-order valence-electron chi connectivity index (χ2n) is 7.64. The molecule has 168 valence electrons. The highest BCUT2D eigenvalue weighted by Crippen LogP contribution is 2.48. The largest absolute Gasteiger partial charge is 0.469 e. The Balaban J connectivity index is 1.85. The highest BCUT2D eigenvalue weighted by molar-refractivity contribution is 7.10. The molecular formula is C24H25NO6S. The molecule has 8 heteroatoms. The molecule has 1 aliphatic heterocycles. The van der Waals surface area contributed by atoms with Crippen LogP contribution in [0.3, 0.4) is 0 Å². The predicted molar refractivity (Wildman–Crippen MR) is 118 cm³/mol. The number of thiophene rings is 1. The van der Waals surface area contributed by atoms with Gasteiger partial charge in [0.2, 0.25) is 0 Å². The molecule has 32 heavy (non-hydrogen) atoms. The molecule has 0 saturated carbocycles. The van der Waals surface area contributed by atoms with Gasteiger partial charge in [0.15, 0.2) is 5.78 Å². The van der Waals surface area contributed by atoms with Crippen LogP contribution in [0.1, 0.15) is 49.7 Å². The summed E-state index contributed by atoms with van der Waals surface area (Å²) >= 11 is 1.46. The van der Waals surface area contributed by atoms with E-state index in [0.717, 1.165) is 4.88 Å². The van der Waals surface area contributed by atoms with Crippen molar-refractivity contribution in [1.82, 2.24) is 5.32 Å².